The van der Waals surface area contributed by atoms with Gasteiger partial charge in [-0.25, -0.2) is 0 Å². The smallest absolute Gasteiger partial charge is 0.141 e. The molecule has 0 heterocycles. The van der Waals surface area contributed by atoms with Gasteiger partial charge in [0.2, 0.25) is 0 Å². The number of carbonyl (C=O) groups excluding carboxylic acids is 1. The van der Waals surface area contributed by atoms with E-state index in [9.17, 15) is 9.90 Å². The minimum atomic E-state index is -0.196. The second-order valence-corrected chi connectivity index (χ2v) is 7.28. The van der Waals surface area contributed by atoms with Gasteiger partial charge in [0.1, 0.15) is 5.78 Å². The molecule has 1 fully saturated rings. The van der Waals surface area contributed by atoms with Crippen LogP contribution in [0.2, 0.25) is 0 Å². The molecule has 0 aromatic heterocycles. The highest BCUT2D eigenvalue weighted by Crippen LogP contribution is 2.29. The van der Waals surface area contributed by atoms with Crippen LogP contribution in [-0.4, -0.2) is 17.5 Å². The van der Waals surface area contributed by atoms with Crippen LogP contribution in [0.15, 0.2) is 0 Å². The number of Topliss-reactive ketones (excluding diaryl/α,β-unsaturated/α-hetero) is 1. The maximum Gasteiger partial charge on any atom is 0.141 e. The van der Waals surface area contributed by atoms with Crippen LogP contribution in [0.3, 0.4) is 0 Å². The summed E-state index contributed by atoms with van der Waals surface area (Å²) in [6.45, 7) is 6.47. The summed E-state index contributed by atoms with van der Waals surface area (Å²) in [5.74, 6) is 1.21. The summed E-state index contributed by atoms with van der Waals surface area (Å²) >= 11 is 0. The van der Waals surface area contributed by atoms with Crippen LogP contribution in [0, 0.1) is 17.3 Å². The van der Waals surface area contributed by atoms with Crippen molar-refractivity contribution >= 4 is 5.78 Å². The van der Waals surface area contributed by atoms with Gasteiger partial charge in [0.15, 0.2) is 0 Å². The van der Waals surface area contributed by atoms with Gasteiger partial charge in [0.25, 0.3) is 0 Å². The molecule has 1 rings (SSSR count). The van der Waals surface area contributed by atoms with E-state index in [1.807, 2.05) is 20.8 Å². The maximum atomic E-state index is 12.4. The highest BCUT2D eigenvalue weighted by Gasteiger charge is 2.29. The highest BCUT2D eigenvalue weighted by molar-refractivity contribution is 5.85. The maximum absolute atomic E-state index is 12.4. The van der Waals surface area contributed by atoms with Crippen molar-refractivity contribution in [3.63, 3.8) is 0 Å². The lowest BCUT2D eigenvalue weighted by Crippen LogP contribution is -2.28. The molecule has 2 atom stereocenters. The molecule has 2 nitrogen and oxygen atoms in total. The Morgan fingerprint density at radius 3 is 1.95 bits per heavy atom. The molecule has 19 heavy (non-hydrogen) atoms. The third kappa shape index (κ3) is 6.07. The highest BCUT2D eigenvalue weighted by atomic mass is 16.3. The first-order valence-corrected chi connectivity index (χ1v) is 8.10. The van der Waals surface area contributed by atoms with E-state index in [4.69, 9.17) is 0 Å². The molecule has 0 amide bonds. The molecular weight excluding hydrogens is 236 g/mol. The summed E-state index contributed by atoms with van der Waals surface area (Å²) in [4.78, 5) is 12.4. The van der Waals surface area contributed by atoms with E-state index in [0.717, 1.165) is 32.1 Å². The predicted octanol–water partition coefficient (Wildman–Crippen LogP) is 4.35. The van der Waals surface area contributed by atoms with E-state index in [2.05, 4.69) is 0 Å². The topological polar surface area (TPSA) is 37.3 Å². The van der Waals surface area contributed by atoms with Crippen LogP contribution in [0.25, 0.3) is 0 Å². The fourth-order valence-electron chi connectivity index (χ4n) is 3.17. The number of carbonyl (C=O) groups is 1. The number of hydrogen-bond acceptors (Lipinski definition) is 2. The van der Waals surface area contributed by atoms with Gasteiger partial charge in [-0.2, -0.15) is 0 Å². The summed E-state index contributed by atoms with van der Waals surface area (Å²) in [7, 11) is 0. The van der Waals surface area contributed by atoms with E-state index in [-0.39, 0.29) is 11.3 Å². The van der Waals surface area contributed by atoms with Crippen LogP contribution < -0.4 is 0 Å². The summed E-state index contributed by atoms with van der Waals surface area (Å²) in [6, 6.07) is 0. The van der Waals surface area contributed by atoms with Gasteiger partial charge in [-0.3, -0.25) is 4.79 Å². The molecular formula is C17H32O2. The van der Waals surface area contributed by atoms with Gasteiger partial charge in [-0.05, 0) is 31.6 Å². The van der Waals surface area contributed by atoms with Crippen molar-refractivity contribution in [2.45, 2.75) is 78.6 Å². The van der Waals surface area contributed by atoms with Gasteiger partial charge in [-0.1, -0.05) is 52.9 Å². The fourth-order valence-corrected chi connectivity index (χ4v) is 3.17. The Labute approximate surface area is 119 Å². The lowest BCUT2D eigenvalue weighted by molar-refractivity contribution is -0.130. The molecule has 1 aliphatic carbocycles. The Morgan fingerprint density at radius 2 is 1.42 bits per heavy atom. The summed E-state index contributed by atoms with van der Waals surface area (Å²) < 4.78 is 0. The molecule has 0 saturated heterocycles. The first-order valence-electron chi connectivity index (χ1n) is 8.10. The average molecular weight is 268 g/mol. The van der Waals surface area contributed by atoms with E-state index in [0.29, 0.717) is 18.3 Å². The Morgan fingerprint density at radius 1 is 0.947 bits per heavy atom. The van der Waals surface area contributed by atoms with Crippen molar-refractivity contribution in [2.24, 2.45) is 17.3 Å². The van der Waals surface area contributed by atoms with Crippen LogP contribution in [0.5, 0.6) is 0 Å². The summed E-state index contributed by atoms with van der Waals surface area (Å²) in [6.07, 6.45) is 10.3. The second-order valence-electron chi connectivity index (χ2n) is 7.28. The lowest BCUT2D eigenvalue weighted by Gasteiger charge is -2.24. The molecule has 0 spiro atoms. The zero-order chi connectivity index (χ0) is 14.3. The number of aliphatic hydroxyl groups excluding tert-OH is 1. The van der Waals surface area contributed by atoms with Crippen LogP contribution >= 0.6 is 0 Å². The lowest BCUT2D eigenvalue weighted by atomic mass is 9.79. The van der Waals surface area contributed by atoms with Crippen molar-refractivity contribution in [3.05, 3.63) is 0 Å². The van der Waals surface area contributed by atoms with Crippen molar-refractivity contribution < 1.29 is 9.90 Å². The van der Waals surface area contributed by atoms with E-state index < -0.39 is 0 Å². The molecule has 0 aliphatic heterocycles. The largest absolute Gasteiger partial charge is 0.396 e. The first kappa shape index (κ1) is 16.7. The van der Waals surface area contributed by atoms with Gasteiger partial charge in [-0.15, -0.1) is 0 Å². The van der Waals surface area contributed by atoms with Crippen molar-refractivity contribution in [2.75, 3.05) is 6.61 Å². The standard InChI is InChI=1S/C17H32O2/c1-17(2,3)16(19)15-11-6-4-5-9-14(13-18)10-7-8-12-15/h14-15,18H,4-13H2,1-3H3. The first-order chi connectivity index (χ1) is 8.95. The zero-order valence-corrected chi connectivity index (χ0v) is 13.1. The van der Waals surface area contributed by atoms with Crippen LogP contribution in [0.4, 0.5) is 0 Å². The minimum absolute atomic E-state index is 0.196. The Balaban J connectivity index is 2.54. The summed E-state index contributed by atoms with van der Waals surface area (Å²) in [5, 5.41) is 9.33. The molecule has 1 aliphatic rings. The molecule has 2 unspecified atom stereocenters. The molecule has 2 heteroatoms. The van der Waals surface area contributed by atoms with Gasteiger partial charge in [0, 0.05) is 17.9 Å². The Kier molecular flexibility index (Phi) is 7.06. The van der Waals surface area contributed by atoms with Crippen molar-refractivity contribution in [1.82, 2.24) is 0 Å². The second kappa shape index (κ2) is 8.04. The summed E-state index contributed by atoms with van der Waals surface area (Å²) in [5.41, 5.74) is -0.196. The monoisotopic (exact) mass is 268 g/mol. The van der Waals surface area contributed by atoms with Crippen molar-refractivity contribution in [3.8, 4) is 0 Å². The molecule has 0 aromatic rings. The molecule has 1 N–H and O–H groups in total. The van der Waals surface area contributed by atoms with Crippen LogP contribution in [-0.2, 0) is 4.79 Å². The average Bonchev–Trinajstić information content (AvgIpc) is 2.40. The Hall–Kier alpha value is -0.370. The molecule has 0 bridgehead atoms. The van der Waals surface area contributed by atoms with E-state index in [1.54, 1.807) is 0 Å². The van der Waals surface area contributed by atoms with Gasteiger partial charge < -0.3 is 5.11 Å². The number of aliphatic hydroxyl groups is 1. The molecule has 0 radical (unpaired) electrons. The predicted molar refractivity (Wildman–Crippen MR) is 80.1 cm³/mol. The third-order valence-electron chi connectivity index (χ3n) is 4.45. The molecule has 0 aromatic carbocycles. The number of hydrogen-bond donors (Lipinski definition) is 1. The fraction of sp³-hybridized carbons (Fsp3) is 0.941. The van der Waals surface area contributed by atoms with Crippen LogP contribution in [0.1, 0.15) is 78.6 Å². The molecule has 112 valence electrons. The van der Waals surface area contributed by atoms with Gasteiger partial charge in [0.05, 0.1) is 0 Å². The Bertz CT molecular complexity index is 265. The third-order valence-corrected chi connectivity index (χ3v) is 4.45. The van der Waals surface area contributed by atoms with Crippen molar-refractivity contribution in [1.29, 1.82) is 0 Å². The number of rotatable bonds is 2. The zero-order valence-electron chi connectivity index (χ0n) is 13.1. The quantitative estimate of drug-likeness (QED) is 0.808. The normalized spacial score (nSPS) is 27.6. The SMILES string of the molecule is CC(C)(C)C(=O)C1CCCCCC(CO)CCCC1. The van der Waals surface area contributed by atoms with Gasteiger partial charge >= 0.3 is 0 Å². The van der Waals surface area contributed by atoms with E-state index in [1.165, 1.54) is 25.7 Å². The van der Waals surface area contributed by atoms with E-state index >= 15 is 0 Å². The number of ketones is 1. The molecule has 1 saturated carbocycles. The minimum Gasteiger partial charge on any atom is -0.396 e.